The van der Waals surface area contributed by atoms with Crippen LogP contribution in [0.4, 0.5) is 20.6 Å². The third-order valence-electron chi connectivity index (χ3n) is 2.96. The second-order valence-electron chi connectivity index (χ2n) is 4.78. The molecule has 2 rings (SSSR count). The molecule has 0 aliphatic heterocycles. The van der Waals surface area contributed by atoms with Crippen molar-refractivity contribution in [1.29, 1.82) is 0 Å². The topological polar surface area (TPSA) is 85.4 Å². The van der Waals surface area contributed by atoms with Gasteiger partial charge in [-0.05, 0) is 38.5 Å². The smallest absolute Gasteiger partial charge is 0.323 e. The van der Waals surface area contributed by atoms with Crippen molar-refractivity contribution in [2.75, 3.05) is 23.8 Å². The van der Waals surface area contributed by atoms with E-state index in [4.69, 9.17) is 9.47 Å². The SMILES string of the molecule is CCOc1ncc(NC(=O)Nc2ccc(C)c(F)c2)c(OCC)n1. The first kappa shape index (κ1) is 17.5. The molecular formula is C16H19FN4O3. The normalized spacial score (nSPS) is 10.2. The predicted molar refractivity (Wildman–Crippen MR) is 88.1 cm³/mol. The Hall–Kier alpha value is -2.90. The number of hydrogen-bond donors (Lipinski definition) is 2. The predicted octanol–water partition coefficient (Wildman–Crippen LogP) is 3.37. The summed E-state index contributed by atoms with van der Waals surface area (Å²) in [7, 11) is 0. The van der Waals surface area contributed by atoms with Crippen LogP contribution >= 0.6 is 0 Å². The van der Waals surface area contributed by atoms with Crippen LogP contribution in [0.2, 0.25) is 0 Å². The fourth-order valence-corrected chi connectivity index (χ4v) is 1.84. The minimum Gasteiger partial charge on any atom is -0.476 e. The van der Waals surface area contributed by atoms with Crippen molar-refractivity contribution < 1.29 is 18.7 Å². The van der Waals surface area contributed by atoms with Gasteiger partial charge in [-0.1, -0.05) is 6.07 Å². The lowest BCUT2D eigenvalue weighted by atomic mass is 10.2. The Balaban J connectivity index is 2.10. The Morgan fingerprint density at radius 3 is 2.62 bits per heavy atom. The molecule has 1 aromatic carbocycles. The van der Waals surface area contributed by atoms with Gasteiger partial charge in [-0.25, -0.2) is 14.2 Å². The first-order valence-electron chi connectivity index (χ1n) is 7.50. The number of nitrogens with one attached hydrogen (secondary N) is 2. The van der Waals surface area contributed by atoms with Gasteiger partial charge in [0.25, 0.3) is 0 Å². The number of rotatable bonds is 6. The van der Waals surface area contributed by atoms with Crippen LogP contribution in [-0.4, -0.2) is 29.2 Å². The molecule has 2 N–H and O–H groups in total. The summed E-state index contributed by atoms with van der Waals surface area (Å²) in [4.78, 5) is 20.1. The minimum atomic E-state index is -0.563. The molecule has 1 aromatic heterocycles. The van der Waals surface area contributed by atoms with Crippen LogP contribution in [0.15, 0.2) is 24.4 Å². The summed E-state index contributed by atoms with van der Waals surface area (Å²) < 4.78 is 24.1. The standard InChI is InChI=1S/C16H19FN4O3/c1-4-23-14-13(9-18-16(21-14)24-5-2)20-15(22)19-11-7-6-10(3)12(17)8-11/h6-9H,4-5H2,1-3H3,(H2,19,20,22). The van der Waals surface area contributed by atoms with Crippen molar-refractivity contribution >= 4 is 17.4 Å². The van der Waals surface area contributed by atoms with Gasteiger partial charge in [-0.3, -0.25) is 0 Å². The quantitative estimate of drug-likeness (QED) is 0.846. The first-order valence-corrected chi connectivity index (χ1v) is 7.50. The number of aryl methyl sites for hydroxylation is 1. The minimum absolute atomic E-state index is 0.160. The molecule has 2 amide bonds. The molecule has 0 bridgehead atoms. The number of hydrogen-bond acceptors (Lipinski definition) is 5. The second-order valence-corrected chi connectivity index (χ2v) is 4.78. The molecular weight excluding hydrogens is 315 g/mol. The largest absolute Gasteiger partial charge is 0.476 e. The molecule has 128 valence electrons. The summed E-state index contributed by atoms with van der Waals surface area (Å²) in [5.41, 5.74) is 1.12. The summed E-state index contributed by atoms with van der Waals surface area (Å²) in [5, 5.41) is 5.10. The third-order valence-corrected chi connectivity index (χ3v) is 2.96. The van der Waals surface area contributed by atoms with Gasteiger partial charge in [0, 0.05) is 5.69 Å². The number of carbonyl (C=O) groups excluding carboxylic acids is 1. The van der Waals surface area contributed by atoms with E-state index in [9.17, 15) is 9.18 Å². The fourth-order valence-electron chi connectivity index (χ4n) is 1.84. The lowest BCUT2D eigenvalue weighted by molar-refractivity contribution is 0.261. The highest BCUT2D eigenvalue weighted by atomic mass is 19.1. The van der Waals surface area contributed by atoms with E-state index >= 15 is 0 Å². The highest BCUT2D eigenvalue weighted by Gasteiger charge is 2.12. The Labute approximate surface area is 139 Å². The van der Waals surface area contributed by atoms with Gasteiger partial charge in [0.1, 0.15) is 11.5 Å². The molecule has 7 nitrogen and oxygen atoms in total. The zero-order chi connectivity index (χ0) is 17.5. The average molecular weight is 334 g/mol. The molecule has 0 aliphatic rings. The summed E-state index contributed by atoms with van der Waals surface area (Å²) >= 11 is 0. The van der Waals surface area contributed by atoms with Crippen molar-refractivity contribution in [1.82, 2.24) is 9.97 Å². The molecule has 0 saturated carbocycles. The number of benzene rings is 1. The van der Waals surface area contributed by atoms with E-state index in [0.29, 0.717) is 24.5 Å². The van der Waals surface area contributed by atoms with Crippen molar-refractivity contribution in [2.24, 2.45) is 0 Å². The molecule has 0 radical (unpaired) electrons. The monoisotopic (exact) mass is 334 g/mol. The summed E-state index contributed by atoms with van der Waals surface area (Å²) in [6.07, 6.45) is 1.39. The van der Waals surface area contributed by atoms with Crippen LogP contribution in [0.25, 0.3) is 0 Å². The van der Waals surface area contributed by atoms with Gasteiger partial charge in [-0.2, -0.15) is 4.98 Å². The summed E-state index contributed by atoms with van der Waals surface area (Å²) in [5.74, 6) is -0.201. The van der Waals surface area contributed by atoms with Gasteiger partial charge < -0.3 is 20.1 Å². The Morgan fingerprint density at radius 1 is 1.21 bits per heavy atom. The zero-order valence-electron chi connectivity index (χ0n) is 13.7. The van der Waals surface area contributed by atoms with E-state index in [1.54, 1.807) is 26.0 Å². The Bertz CT molecular complexity index is 724. The number of ether oxygens (including phenoxy) is 2. The van der Waals surface area contributed by atoms with Crippen molar-refractivity contribution in [3.05, 3.63) is 35.8 Å². The van der Waals surface area contributed by atoms with Gasteiger partial charge in [0.2, 0.25) is 5.88 Å². The molecule has 2 aromatic rings. The fraction of sp³-hybridized carbons (Fsp3) is 0.312. The molecule has 0 unspecified atom stereocenters. The number of carbonyl (C=O) groups is 1. The maximum atomic E-state index is 13.5. The van der Waals surface area contributed by atoms with Crippen molar-refractivity contribution in [3.8, 4) is 11.9 Å². The van der Waals surface area contributed by atoms with Crippen LogP contribution in [0.1, 0.15) is 19.4 Å². The zero-order valence-corrected chi connectivity index (χ0v) is 13.7. The van der Waals surface area contributed by atoms with Crippen LogP contribution in [0.3, 0.4) is 0 Å². The second kappa shape index (κ2) is 8.09. The molecule has 1 heterocycles. The lowest BCUT2D eigenvalue weighted by Gasteiger charge is -2.12. The van der Waals surface area contributed by atoms with Crippen LogP contribution in [0, 0.1) is 12.7 Å². The lowest BCUT2D eigenvalue weighted by Crippen LogP contribution is -2.20. The highest BCUT2D eigenvalue weighted by molar-refractivity contribution is 6.00. The molecule has 0 atom stereocenters. The highest BCUT2D eigenvalue weighted by Crippen LogP contribution is 2.23. The van der Waals surface area contributed by atoms with E-state index in [0.717, 1.165) is 0 Å². The third kappa shape index (κ3) is 4.55. The molecule has 24 heavy (non-hydrogen) atoms. The Kier molecular flexibility index (Phi) is 5.89. The van der Waals surface area contributed by atoms with Crippen LogP contribution < -0.4 is 20.1 Å². The summed E-state index contributed by atoms with van der Waals surface area (Å²) in [6, 6.07) is 4.03. The number of aromatic nitrogens is 2. The van der Waals surface area contributed by atoms with Gasteiger partial charge in [0.05, 0.1) is 19.4 Å². The maximum Gasteiger partial charge on any atom is 0.323 e. The first-order chi connectivity index (χ1) is 11.5. The van der Waals surface area contributed by atoms with Crippen molar-refractivity contribution in [3.63, 3.8) is 0 Å². The number of halogens is 1. The molecule has 0 aliphatic carbocycles. The number of urea groups is 1. The van der Waals surface area contributed by atoms with Gasteiger partial charge >= 0.3 is 12.0 Å². The summed E-state index contributed by atoms with van der Waals surface area (Å²) in [6.45, 7) is 6.02. The molecule has 0 saturated heterocycles. The van der Waals surface area contributed by atoms with E-state index < -0.39 is 11.8 Å². The number of anilines is 2. The van der Waals surface area contributed by atoms with E-state index in [2.05, 4.69) is 20.6 Å². The van der Waals surface area contributed by atoms with E-state index in [1.165, 1.54) is 12.3 Å². The van der Waals surface area contributed by atoms with Crippen molar-refractivity contribution in [2.45, 2.75) is 20.8 Å². The van der Waals surface area contributed by atoms with Crippen LogP contribution in [0.5, 0.6) is 11.9 Å². The average Bonchev–Trinajstić information content (AvgIpc) is 2.54. The van der Waals surface area contributed by atoms with Gasteiger partial charge in [0.15, 0.2) is 0 Å². The van der Waals surface area contributed by atoms with E-state index in [1.807, 2.05) is 6.92 Å². The number of amides is 2. The van der Waals surface area contributed by atoms with Crippen LogP contribution in [-0.2, 0) is 0 Å². The number of nitrogens with zero attached hydrogens (tertiary/aromatic N) is 2. The maximum absolute atomic E-state index is 13.5. The molecule has 0 fully saturated rings. The van der Waals surface area contributed by atoms with E-state index in [-0.39, 0.29) is 17.6 Å². The Morgan fingerprint density at radius 2 is 1.96 bits per heavy atom. The molecule has 0 spiro atoms. The molecule has 8 heteroatoms. The van der Waals surface area contributed by atoms with Gasteiger partial charge in [-0.15, -0.1) is 0 Å².